The van der Waals surface area contributed by atoms with Crippen molar-refractivity contribution in [1.82, 2.24) is 10.2 Å². The molecule has 1 N–H and O–H groups in total. The molecule has 0 unspecified atom stereocenters. The van der Waals surface area contributed by atoms with Gasteiger partial charge in [-0.3, -0.25) is 14.4 Å². The molecule has 1 fully saturated rings. The van der Waals surface area contributed by atoms with E-state index in [1.54, 1.807) is 38.1 Å². The second-order valence-corrected chi connectivity index (χ2v) is 8.23. The van der Waals surface area contributed by atoms with E-state index in [1.807, 2.05) is 13.0 Å². The second-order valence-electron chi connectivity index (χ2n) is 8.23. The van der Waals surface area contributed by atoms with Gasteiger partial charge < -0.3 is 19.9 Å². The second kappa shape index (κ2) is 11.7. The van der Waals surface area contributed by atoms with Crippen molar-refractivity contribution in [2.24, 2.45) is 5.92 Å². The molecule has 1 aromatic carbocycles. The van der Waals surface area contributed by atoms with Crippen LogP contribution in [0.4, 0.5) is 5.69 Å². The number of likely N-dealkylation sites (N-methyl/N-ethyl adjacent to an activating group) is 2. The molecule has 1 heterocycles. The first-order valence-corrected chi connectivity index (χ1v) is 11.1. The SMILES string of the molecule is CCc1ccc(C#N)cc1N(C[C@@H](C(C)=O)N(C)C(=O)[C@H](C)NC)C(=O)C1CCOCC1. The number of anilines is 1. The number of ketones is 1. The van der Waals surface area contributed by atoms with Gasteiger partial charge in [0.15, 0.2) is 5.78 Å². The summed E-state index contributed by atoms with van der Waals surface area (Å²) in [5.41, 5.74) is 1.97. The number of benzene rings is 1. The summed E-state index contributed by atoms with van der Waals surface area (Å²) >= 11 is 0. The lowest BCUT2D eigenvalue weighted by Gasteiger charge is -2.36. The lowest BCUT2D eigenvalue weighted by atomic mass is 9.96. The van der Waals surface area contributed by atoms with Crippen molar-refractivity contribution in [2.75, 3.05) is 38.8 Å². The Morgan fingerprint density at radius 2 is 1.94 bits per heavy atom. The van der Waals surface area contributed by atoms with Crippen LogP contribution in [0.5, 0.6) is 0 Å². The molecule has 0 saturated carbocycles. The fraction of sp³-hybridized carbons (Fsp3) is 0.583. The van der Waals surface area contributed by atoms with Crippen molar-refractivity contribution < 1.29 is 19.1 Å². The number of nitrogens with zero attached hydrogens (tertiary/aromatic N) is 3. The summed E-state index contributed by atoms with van der Waals surface area (Å²) in [4.78, 5) is 42.1. The maximum Gasteiger partial charge on any atom is 0.239 e. The first-order valence-electron chi connectivity index (χ1n) is 11.1. The maximum absolute atomic E-state index is 13.7. The zero-order valence-electron chi connectivity index (χ0n) is 19.7. The highest BCUT2D eigenvalue weighted by atomic mass is 16.5. The van der Waals surface area contributed by atoms with Gasteiger partial charge in [-0.2, -0.15) is 5.26 Å². The molecule has 1 aromatic rings. The smallest absolute Gasteiger partial charge is 0.239 e. The van der Waals surface area contributed by atoms with Crippen LogP contribution in [0.2, 0.25) is 0 Å². The molecule has 0 aromatic heterocycles. The van der Waals surface area contributed by atoms with Crippen molar-refractivity contribution >= 4 is 23.3 Å². The first-order chi connectivity index (χ1) is 15.2. The van der Waals surface area contributed by atoms with E-state index in [2.05, 4.69) is 11.4 Å². The van der Waals surface area contributed by atoms with Gasteiger partial charge in [0.2, 0.25) is 11.8 Å². The summed E-state index contributed by atoms with van der Waals surface area (Å²) in [5, 5.41) is 12.3. The lowest BCUT2D eigenvalue weighted by molar-refractivity contribution is -0.138. The number of ether oxygens (including phenoxy) is 1. The molecule has 1 saturated heterocycles. The van der Waals surface area contributed by atoms with E-state index < -0.39 is 12.1 Å². The topological polar surface area (TPSA) is 103 Å². The predicted octanol–water partition coefficient (Wildman–Crippen LogP) is 1.90. The number of hydrogen-bond acceptors (Lipinski definition) is 6. The Hall–Kier alpha value is -2.76. The molecule has 2 rings (SSSR count). The Morgan fingerprint density at radius 3 is 2.47 bits per heavy atom. The van der Waals surface area contributed by atoms with Gasteiger partial charge in [-0.25, -0.2) is 0 Å². The molecule has 0 spiro atoms. The van der Waals surface area contributed by atoms with Gasteiger partial charge in [0.25, 0.3) is 0 Å². The van der Waals surface area contributed by atoms with Gasteiger partial charge in [-0.15, -0.1) is 0 Å². The fourth-order valence-corrected chi connectivity index (χ4v) is 3.93. The molecule has 0 bridgehead atoms. The van der Waals surface area contributed by atoms with Crippen LogP contribution in [0.15, 0.2) is 18.2 Å². The van der Waals surface area contributed by atoms with Gasteiger partial charge in [0.1, 0.15) is 6.04 Å². The minimum absolute atomic E-state index is 0.0338. The molecular formula is C24H34N4O4. The molecule has 0 aliphatic carbocycles. The predicted molar refractivity (Wildman–Crippen MR) is 122 cm³/mol. The van der Waals surface area contributed by atoms with Crippen LogP contribution >= 0.6 is 0 Å². The van der Waals surface area contributed by atoms with Crippen LogP contribution in [0, 0.1) is 17.2 Å². The Labute approximate surface area is 190 Å². The number of carbonyl (C=O) groups is 3. The molecule has 8 nitrogen and oxygen atoms in total. The molecule has 1 aliphatic heterocycles. The molecule has 8 heteroatoms. The van der Waals surface area contributed by atoms with E-state index in [4.69, 9.17) is 4.74 Å². The standard InChI is InChI=1S/C24H34N4O4/c1-6-19-8-7-18(14-25)13-21(19)28(24(31)20-9-11-32-12-10-20)15-22(17(3)29)27(5)23(30)16(2)26-4/h7-8,13,16,20,22,26H,6,9-12,15H2,1-5H3/t16-,22-/m0/s1. The molecule has 0 radical (unpaired) electrons. The van der Waals surface area contributed by atoms with Crippen LogP contribution in [-0.4, -0.2) is 68.4 Å². The van der Waals surface area contributed by atoms with Crippen LogP contribution in [-0.2, 0) is 25.5 Å². The van der Waals surface area contributed by atoms with Crippen LogP contribution in [0.25, 0.3) is 0 Å². The Morgan fingerprint density at radius 1 is 1.28 bits per heavy atom. The third-order valence-corrected chi connectivity index (χ3v) is 6.17. The van der Waals surface area contributed by atoms with Crippen LogP contribution < -0.4 is 10.2 Å². The normalized spacial score (nSPS) is 16.0. The first kappa shape index (κ1) is 25.5. The van der Waals surface area contributed by atoms with Crippen molar-refractivity contribution in [3.63, 3.8) is 0 Å². The van der Waals surface area contributed by atoms with Gasteiger partial charge >= 0.3 is 0 Å². The number of nitrogens with one attached hydrogen (secondary N) is 1. The zero-order chi connectivity index (χ0) is 23.8. The highest BCUT2D eigenvalue weighted by Crippen LogP contribution is 2.28. The molecular weight excluding hydrogens is 408 g/mol. The van der Waals surface area contributed by atoms with Crippen LogP contribution in [0.3, 0.4) is 0 Å². The lowest BCUT2D eigenvalue weighted by Crippen LogP contribution is -2.54. The van der Waals surface area contributed by atoms with Gasteiger partial charge in [0.05, 0.1) is 24.2 Å². The van der Waals surface area contributed by atoms with Crippen LogP contribution in [0.1, 0.15) is 44.7 Å². The molecule has 1 aliphatic rings. The quantitative estimate of drug-likeness (QED) is 0.627. The monoisotopic (exact) mass is 442 g/mol. The van der Waals surface area contributed by atoms with E-state index >= 15 is 0 Å². The Balaban J connectivity index is 2.50. The Kier molecular flexibility index (Phi) is 9.36. The summed E-state index contributed by atoms with van der Waals surface area (Å²) < 4.78 is 5.42. The minimum Gasteiger partial charge on any atom is -0.381 e. The fourth-order valence-electron chi connectivity index (χ4n) is 3.93. The van der Waals surface area contributed by atoms with Gasteiger partial charge in [-0.1, -0.05) is 13.0 Å². The average molecular weight is 443 g/mol. The summed E-state index contributed by atoms with van der Waals surface area (Å²) in [6.45, 7) is 6.20. The molecule has 174 valence electrons. The van der Waals surface area contributed by atoms with Crippen molar-refractivity contribution in [3.05, 3.63) is 29.3 Å². The summed E-state index contributed by atoms with van der Waals surface area (Å²) in [5.74, 6) is -0.771. The number of amides is 2. The molecule has 32 heavy (non-hydrogen) atoms. The minimum atomic E-state index is -0.808. The van der Waals surface area contributed by atoms with E-state index in [9.17, 15) is 19.6 Å². The largest absolute Gasteiger partial charge is 0.381 e. The molecule has 2 atom stereocenters. The van der Waals surface area contributed by atoms with Crippen molar-refractivity contribution in [3.8, 4) is 6.07 Å². The number of nitriles is 1. The van der Waals surface area contributed by atoms with E-state index in [1.165, 1.54) is 11.8 Å². The van der Waals surface area contributed by atoms with Crippen molar-refractivity contribution in [2.45, 2.75) is 52.1 Å². The highest BCUT2D eigenvalue weighted by Gasteiger charge is 2.34. The summed E-state index contributed by atoms with van der Waals surface area (Å²) in [6.07, 6.45) is 1.87. The third kappa shape index (κ3) is 5.93. The van der Waals surface area contributed by atoms with Gasteiger partial charge in [0, 0.05) is 31.9 Å². The summed E-state index contributed by atoms with van der Waals surface area (Å²) in [7, 11) is 3.27. The number of hydrogen-bond donors (Lipinski definition) is 1. The number of carbonyl (C=O) groups excluding carboxylic acids is 3. The number of aryl methyl sites for hydroxylation is 1. The number of rotatable bonds is 9. The average Bonchev–Trinajstić information content (AvgIpc) is 2.82. The van der Waals surface area contributed by atoms with Crippen molar-refractivity contribution in [1.29, 1.82) is 5.26 Å². The van der Waals surface area contributed by atoms with E-state index in [-0.39, 0.29) is 30.1 Å². The number of Topliss-reactive ketones (excluding diaryl/α,β-unsaturated/α-hetero) is 1. The Bertz CT molecular complexity index is 873. The van der Waals surface area contributed by atoms with E-state index in [0.717, 1.165) is 5.56 Å². The van der Waals surface area contributed by atoms with E-state index in [0.29, 0.717) is 43.7 Å². The van der Waals surface area contributed by atoms with Gasteiger partial charge in [-0.05, 0) is 57.9 Å². The maximum atomic E-state index is 13.7. The summed E-state index contributed by atoms with van der Waals surface area (Å²) in [6, 6.07) is 6.14. The third-order valence-electron chi connectivity index (χ3n) is 6.17. The highest BCUT2D eigenvalue weighted by molar-refractivity contribution is 5.98. The molecule has 2 amide bonds. The zero-order valence-corrected chi connectivity index (χ0v) is 19.7.